The summed E-state index contributed by atoms with van der Waals surface area (Å²) < 4.78 is 29.2. The molecule has 1 amide bonds. The largest absolute Gasteiger partial charge is 0.507 e. The molecule has 1 unspecified atom stereocenters. The van der Waals surface area contributed by atoms with Crippen molar-refractivity contribution in [3.8, 4) is 17.2 Å². The molecule has 1 saturated heterocycles. The Morgan fingerprint density at radius 2 is 1.75 bits per heavy atom. The van der Waals surface area contributed by atoms with Gasteiger partial charge in [0.05, 0.1) is 31.4 Å². The number of benzene rings is 2. The van der Waals surface area contributed by atoms with E-state index in [9.17, 15) is 24.2 Å². The van der Waals surface area contributed by atoms with Gasteiger partial charge in [0, 0.05) is 20.3 Å². The Labute approximate surface area is 184 Å². The summed E-state index contributed by atoms with van der Waals surface area (Å²) >= 11 is 0. The number of carbonyl (C=O) groups is 2. The van der Waals surface area contributed by atoms with Gasteiger partial charge in [-0.05, 0) is 42.3 Å². The normalized spacial score (nSPS) is 17.6. The molecular weight excluding hydrogens is 421 g/mol. The molecule has 32 heavy (non-hydrogen) atoms. The van der Waals surface area contributed by atoms with Gasteiger partial charge in [-0.25, -0.2) is 4.39 Å². The van der Waals surface area contributed by atoms with Crippen LogP contribution in [0.5, 0.6) is 17.2 Å². The fraction of sp³-hybridized carbons (Fsp3) is 0.304. The Kier molecular flexibility index (Phi) is 6.99. The number of amides is 1. The van der Waals surface area contributed by atoms with Crippen LogP contribution in [0.4, 0.5) is 4.39 Å². The van der Waals surface area contributed by atoms with Crippen LogP contribution in [0.2, 0.25) is 0 Å². The molecule has 0 bridgehead atoms. The van der Waals surface area contributed by atoms with Crippen LogP contribution in [0, 0.1) is 5.82 Å². The van der Waals surface area contributed by atoms with Crippen LogP contribution in [0.3, 0.4) is 0 Å². The maximum absolute atomic E-state index is 13.9. The number of carbonyl (C=O) groups excluding carboxylic acids is 2. The van der Waals surface area contributed by atoms with Gasteiger partial charge in [-0.15, -0.1) is 0 Å². The number of hydrogen-bond acceptors (Lipinski definition) is 7. The van der Waals surface area contributed by atoms with Crippen molar-refractivity contribution < 1.29 is 38.4 Å². The molecule has 1 heterocycles. The molecular formula is C23H24FNO7. The first-order valence-electron chi connectivity index (χ1n) is 9.82. The number of halogens is 1. The molecule has 1 aliphatic rings. The second-order valence-corrected chi connectivity index (χ2v) is 7.11. The minimum Gasteiger partial charge on any atom is -0.507 e. The number of nitrogens with zero attached hydrogens (tertiary/aromatic N) is 1. The molecule has 170 valence electrons. The first kappa shape index (κ1) is 23.1. The van der Waals surface area contributed by atoms with Crippen molar-refractivity contribution in [3.05, 3.63) is 58.9 Å². The van der Waals surface area contributed by atoms with E-state index in [1.165, 1.54) is 44.4 Å². The highest BCUT2D eigenvalue weighted by Gasteiger charge is 2.46. The molecule has 0 aliphatic carbocycles. The number of rotatable bonds is 8. The number of Topliss-reactive ketones (excluding diaryl/α,β-unsaturated/α-hetero) is 1. The molecule has 1 fully saturated rings. The highest BCUT2D eigenvalue weighted by molar-refractivity contribution is 6.46. The van der Waals surface area contributed by atoms with E-state index in [0.29, 0.717) is 18.6 Å². The van der Waals surface area contributed by atoms with Crippen molar-refractivity contribution in [1.82, 2.24) is 4.90 Å². The van der Waals surface area contributed by atoms with Crippen molar-refractivity contribution in [2.24, 2.45) is 0 Å². The lowest BCUT2D eigenvalue weighted by molar-refractivity contribution is -0.140. The fourth-order valence-corrected chi connectivity index (χ4v) is 3.72. The Morgan fingerprint density at radius 3 is 2.38 bits per heavy atom. The second kappa shape index (κ2) is 9.69. The SMILES string of the molecule is COCCCN1C(=O)C(=O)/C(=C(/O)c2cc(F)ccc2OC)C1c1ccc(OC)c(O)c1. The molecule has 9 heteroatoms. The average molecular weight is 445 g/mol. The van der Waals surface area contributed by atoms with Gasteiger partial charge >= 0.3 is 0 Å². The minimum atomic E-state index is -1.02. The van der Waals surface area contributed by atoms with Gasteiger partial charge in [0.1, 0.15) is 17.3 Å². The minimum absolute atomic E-state index is 0.0647. The van der Waals surface area contributed by atoms with E-state index < -0.39 is 29.3 Å². The van der Waals surface area contributed by atoms with Crippen LogP contribution < -0.4 is 9.47 Å². The number of ether oxygens (including phenoxy) is 3. The second-order valence-electron chi connectivity index (χ2n) is 7.11. The lowest BCUT2D eigenvalue weighted by atomic mass is 9.94. The predicted molar refractivity (Wildman–Crippen MR) is 113 cm³/mol. The zero-order valence-corrected chi connectivity index (χ0v) is 17.9. The van der Waals surface area contributed by atoms with Gasteiger partial charge in [0.2, 0.25) is 0 Å². The van der Waals surface area contributed by atoms with Crippen LogP contribution in [-0.4, -0.2) is 61.3 Å². The zero-order chi connectivity index (χ0) is 23.4. The van der Waals surface area contributed by atoms with Crippen LogP contribution in [-0.2, 0) is 14.3 Å². The average Bonchev–Trinajstić information content (AvgIpc) is 3.03. The summed E-state index contributed by atoms with van der Waals surface area (Å²) in [5.41, 5.74) is 0.0721. The molecule has 8 nitrogen and oxygen atoms in total. The third-order valence-corrected chi connectivity index (χ3v) is 5.22. The summed E-state index contributed by atoms with van der Waals surface area (Å²) in [5.74, 6) is -2.84. The lowest BCUT2D eigenvalue weighted by Gasteiger charge is -2.25. The van der Waals surface area contributed by atoms with E-state index in [2.05, 4.69) is 0 Å². The van der Waals surface area contributed by atoms with Crippen LogP contribution >= 0.6 is 0 Å². The summed E-state index contributed by atoms with van der Waals surface area (Å²) in [6.07, 6.45) is 0.436. The van der Waals surface area contributed by atoms with Crippen LogP contribution in [0.25, 0.3) is 5.76 Å². The van der Waals surface area contributed by atoms with Gasteiger partial charge < -0.3 is 29.3 Å². The summed E-state index contributed by atoms with van der Waals surface area (Å²) in [4.78, 5) is 27.1. The molecule has 3 rings (SSSR count). The van der Waals surface area contributed by atoms with E-state index in [4.69, 9.17) is 14.2 Å². The molecule has 1 aliphatic heterocycles. The third kappa shape index (κ3) is 4.24. The number of methoxy groups -OCH3 is 3. The first-order valence-corrected chi connectivity index (χ1v) is 9.82. The molecule has 0 spiro atoms. The summed E-state index contributed by atoms with van der Waals surface area (Å²) in [5, 5.41) is 21.3. The molecule has 0 aromatic heterocycles. The third-order valence-electron chi connectivity index (χ3n) is 5.22. The molecule has 2 N–H and O–H groups in total. The van der Waals surface area contributed by atoms with E-state index in [1.807, 2.05) is 0 Å². The van der Waals surface area contributed by atoms with Crippen molar-refractivity contribution in [1.29, 1.82) is 0 Å². The highest BCUT2D eigenvalue weighted by atomic mass is 19.1. The number of ketones is 1. The standard InChI is InChI=1S/C23H24FNO7/c1-30-10-4-9-25-20(13-5-7-18(32-3)16(26)11-13)19(22(28)23(25)29)21(27)15-12-14(24)6-8-17(15)31-2/h5-8,11-12,20,26-27H,4,9-10H2,1-3H3/b21-19+. The van der Waals surface area contributed by atoms with Crippen LogP contribution in [0.1, 0.15) is 23.6 Å². The Balaban J connectivity index is 2.21. The maximum Gasteiger partial charge on any atom is 0.295 e. The lowest BCUT2D eigenvalue weighted by Crippen LogP contribution is -2.31. The topological polar surface area (TPSA) is 106 Å². The highest BCUT2D eigenvalue weighted by Crippen LogP contribution is 2.42. The number of phenolic OH excluding ortho intramolecular Hbond substituents is 1. The van der Waals surface area contributed by atoms with Crippen molar-refractivity contribution in [3.63, 3.8) is 0 Å². The molecule has 2 aromatic rings. The summed E-state index contributed by atoms with van der Waals surface area (Å²) in [6, 6.07) is 6.89. The Bertz CT molecular complexity index is 1070. The summed E-state index contributed by atoms with van der Waals surface area (Å²) in [6.45, 7) is 0.508. The molecule has 2 aromatic carbocycles. The smallest absolute Gasteiger partial charge is 0.295 e. The number of likely N-dealkylation sites (tertiary alicyclic amines) is 1. The van der Waals surface area contributed by atoms with E-state index >= 15 is 0 Å². The molecule has 0 saturated carbocycles. The maximum atomic E-state index is 13.9. The summed E-state index contributed by atoms with van der Waals surface area (Å²) in [7, 11) is 4.25. The van der Waals surface area contributed by atoms with Crippen molar-refractivity contribution in [2.75, 3.05) is 34.5 Å². The number of aliphatic hydroxyl groups is 1. The fourth-order valence-electron chi connectivity index (χ4n) is 3.72. The number of aliphatic hydroxyl groups excluding tert-OH is 1. The number of phenols is 1. The van der Waals surface area contributed by atoms with Crippen LogP contribution in [0.15, 0.2) is 42.0 Å². The van der Waals surface area contributed by atoms with Gasteiger partial charge in [-0.2, -0.15) is 0 Å². The molecule has 0 radical (unpaired) electrons. The van der Waals surface area contributed by atoms with Gasteiger partial charge in [-0.1, -0.05) is 6.07 Å². The van der Waals surface area contributed by atoms with Gasteiger partial charge in [-0.3, -0.25) is 9.59 Å². The number of hydrogen-bond donors (Lipinski definition) is 2. The molecule has 1 atom stereocenters. The van der Waals surface area contributed by atoms with E-state index in [0.717, 1.165) is 12.1 Å². The van der Waals surface area contributed by atoms with Crippen molar-refractivity contribution in [2.45, 2.75) is 12.5 Å². The van der Waals surface area contributed by atoms with Crippen molar-refractivity contribution >= 4 is 17.4 Å². The van der Waals surface area contributed by atoms with E-state index in [-0.39, 0.29) is 34.9 Å². The Morgan fingerprint density at radius 1 is 1.06 bits per heavy atom. The quantitative estimate of drug-likeness (QED) is 0.279. The first-order chi connectivity index (χ1) is 15.3. The van der Waals surface area contributed by atoms with E-state index in [1.54, 1.807) is 6.07 Å². The monoisotopic (exact) mass is 445 g/mol. The van der Waals surface area contributed by atoms with Gasteiger partial charge in [0.15, 0.2) is 11.5 Å². The zero-order valence-electron chi connectivity index (χ0n) is 17.9. The van der Waals surface area contributed by atoms with Gasteiger partial charge in [0.25, 0.3) is 11.7 Å². The Hall–Kier alpha value is -3.59. The number of aromatic hydroxyl groups is 1. The predicted octanol–water partition coefficient (Wildman–Crippen LogP) is 3.01.